The molecule has 0 radical (unpaired) electrons. The van der Waals surface area contributed by atoms with E-state index in [9.17, 15) is 4.79 Å². The van der Waals surface area contributed by atoms with E-state index in [0.717, 1.165) is 36.5 Å². The number of amides is 1. The molecule has 1 aromatic rings. The number of aromatic nitrogens is 2. The van der Waals surface area contributed by atoms with E-state index in [1.54, 1.807) is 0 Å². The first-order chi connectivity index (χ1) is 8.79. The maximum atomic E-state index is 11.8. The molecule has 2 N–H and O–H groups in total. The predicted octanol–water partition coefficient (Wildman–Crippen LogP) is 0.619. The molecule has 0 bridgehead atoms. The van der Waals surface area contributed by atoms with Gasteiger partial charge in [-0.15, -0.1) is 5.10 Å². The number of ether oxygens (including phenoxy) is 1. The fourth-order valence-electron chi connectivity index (χ4n) is 1.40. The van der Waals surface area contributed by atoms with Crippen LogP contribution in [-0.4, -0.2) is 47.0 Å². The van der Waals surface area contributed by atoms with Gasteiger partial charge in [-0.1, -0.05) is 17.8 Å². The molecular weight excluding hydrogens is 254 g/mol. The maximum absolute atomic E-state index is 11.8. The van der Waals surface area contributed by atoms with Crippen LogP contribution in [0, 0.1) is 0 Å². The third-order valence-electron chi connectivity index (χ3n) is 2.24. The fourth-order valence-corrected chi connectivity index (χ4v) is 2.03. The lowest BCUT2D eigenvalue weighted by Gasteiger charge is -2.04. The lowest BCUT2D eigenvalue weighted by Crippen LogP contribution is -2.25. The standard InChI is InChI=1S/C11H19N3O3S/c1-2-4-9-10(18-14-13-9)11(16)12-5-3-7-17-8-6-15/h15H,2-8H2,1H3,(H,12,16). The largest absolute Gasteiger partial charge is 0.394 e. The van der Waals surface area contributed by atoms with Crippen molar-refractivity contribution in [2.75, 3.05) is 26.4 Å². The van der Waals surface area contributed by atoms with Crippen LogP contribution in [0.15, 0.2) is 0 Å². The second-order valence-electron chi connectivity index (χ2n) is 3.74. The Morgan fingerprint density at radius 1 is 1.50 bits per heavy atom. The van der Waals surface area contributed by atoms with E-state index in [-0.39, 0.29) is 12.5 Å². The number of carbonyl (C=O) groups is 1. The Balaban J connectivity index is 2.25. The van der Waals surface area contributed by atoms with Gasteiger partial charge in [0.1, 0.15) is 4.88 Å². The first-order valence-corrected chi connectivity index (χ1v) is 6.85. The maximum Gasteiger partial charge on any atom is 0.264 e. The van der Waals surface area contributed by atoms with Crippen molar-refractivity contribution in [2.24, 2.45) is 0 Å². The summed E-state index contributed by atoms with van der Waals surface area (Å²) in [4.78, 5) is 12.4. The summed E-state index contributed by atoms with van der Waals surface area (Å²) in [6, 6.07) is 0. The van der Waals surface area contributed by atoms with Gasteiger partial charge in [-0.2, -0.15) is 0 Å². The van der Waals surface area contributed by atoms with Crippen molar-refractivity contribution in [3.05, 3.63) is 10.6 Å². The van der Waals surface area contributed by atoms with Gasteiger partial charge in [0.2, 0.25) is 0 Å². The monoisotopic (exact) mass is 273 g/mol. The molecule has 0 aliphatic heterocycles. The van der Waals surface area contributed by atoms with Crippen LogP contribution in [0.4, 0.5) is 0 Å². The Labute approximate surface area is 111 Å². The lowest BCUT2D eigenvalue weighted by molar-refractivity contribution is 0.0869. The normalized spacial score (nSPS) is 10.6. The molecule has 18 heavy (non-hydrogen) atoms. The summed E-state index contributed by atoms with van der Waals surface area (Å²) in [5, 5.41) is 15.3. The summed E-state index contributed by atoms with van der Waals surface area (Å²) in [6.45, 7) is 3.49. The van der Waals surface area contributed by atoms with Crippen LogP contribution in [0.3, 0.4) is 0 Å². The molecule has 0 unspecified atom stereocenters. The Kier molecular flexibility index (Phi) is 7.47. The van der Waals surface area contributed by atoms with Crippen LogP contribution in [0.2, 0.25) is 0 Å². The highest BCUT2D eigenvalue weighted by Gasteiger charge is 2.14. The number of aryl methyl sites for hydroxylation is 1. The second-order valence-corrected chi connectivity index (χ2v) is 4.50. The highest BCUT2D eigenvalue weighted by atomic mass is 32.1. The van der Waals surface area contributed by atoms with E-state index in [4.69, 9.17) is 9.84 Å². The van der Waals surface area contributed by atoms with Crippen molar-refractivity contribution < 1.29 is 14.6 Å². The van der Waals surface area contributed by atoms with Crippen LogP contribution >= 0.6 is 11.5 Å². The average Bonchev–Trinajstić information content (AvgIpc) is 2.82. The average molecular weight is 273 g/mol. The zero-order valence-electron chi connectivity index (χ0n) is 10.5. The van der Waals surface area contributed by atoms with E-state index < -0.39 is 0 Å². The summed E-state index contributed by atoms with van der Waals surface area (Å²) in [5.41, 5.74) is 0.775. The summed E-state index contributed by atoms with van der Waals surface area (Å²) in [7, 11) is 0. The number of nitrogens with one attached hydrogen (secondary N) is 1. The number of aliphatic hydroxyl groups excluding tert-OH is 1. The molecule has 0 aliphatic rings. The molecule has 0 fully saturated rings. The van der Waals surface area contributed by atoms with Crippen molar-refractivity contribution in [3.63, 3.8) is 0 Å². The smallest absolute Gasteiger partial charge is 0.264 e. The lowest BCUT2D eigenvalue weighted by atomic mass is 10.2. The molecule has 6 nitrogen and oxygen atoms in total. The third kappa shape index (κ3) is 5.07. The van der Waals surface area contributed by atoms with Gasteiger partial charge >= 0.3 is 0 Å². The van der Waals surface area contributed by atoms with Crippen LogP contribution in [0.1, 0.15) is 35.1 Å². The minimum atomic E-state index is -0.115. The quantitative estimate of drug-likeness (QED) is 0.644. The molecular formula is C11H19N3O3S. The molecule has 0 aliphatic carbocycles. The fraction of sp³-hybridized carbons (Fsp3) is 0.727. The van der Waals surface area contributed by atoms with Gasteiger partial charge in [-0.25, -0.2) is 0 Å². The molecule has 7 heteroatoms. The van der Waals surface area contributed by atoms with Gasteiger partial charge in [0.15, 0.2) is 0 Å². The molecule has 0 saturated heterocycles. The number of nitrogens with zero attached hydrogens (tertiary/aromatic N) is 2. The van der Waals surface area contributed by atoms with E-state index in [2.05, 4.69) is 14.9 Å². The van der Waals surface area contributed by atoms with Crippen molar-refractivity contribution >= 4 is 17.4 Å². The molecule has 0 spiro atoms. The summed E-state index contributed by atoms with van der Waals surface area (Å²) in [5.74, 6) is -0.115. The van der Waals surface area contributed by atoms with Crippen LogP contribution in [0.25, 0.3) is 0 Å². The third-order valence-corrected chi connectivity index (χ3v) is 3.00. The Hall–Kier alpha value is -1.05. The minimum absolute atomic E-state index is 0.0271. The summed E-state index contributed by atoms with van der Waals surface area (Å²) < 4.78 is 8.90. The number of hydrogen-bond acceptors (Lipinski definition) is 6. The topological polar surface area (TPSA) is 84.3 Å². The summed E-state index contributed by atoms with van der Waals surface area (Å²) in [6.07, 6.45) is 2.45. The first-order valence-electron chi connectivity index (χ1n) is 6.07. The number of aliphatic hydroxyl groups is 1. The van der Waals surface area contributed by atoms with Crippen LogP contribution in [-0.2, 0) is 11.2 Å². The predicted molar refractivity (Wildman–Crippen MR) is 68.8 cm³/mol. The zero-order valence-corrected chi connectivity index (χ0v) is 11.3. The molecule has 1 aromatic heterocycles. The molecule has 102 valence electrons. The van der Waals surface area contributed by atoms with Crippen molar-refractivity contribution in [3.8, 4) is 0 Å². The van der Waals surface area contributed by atoms with Gasteiger partial charge in [-0.3, -0.25) is 4.79 Å². The number of carbonyl (C=O) groups excluding carboxylic acids is 1. The van der Waals surface area contributed by atoms with E-state index in [1.807, 2.05) is 6.92 Å². The van der Waals surface area contributed by atoms with Gasteiger partial charge in [0.05, 0.1) is 18.9 Å². The van der Waals surface area contributed by atoms with Crippen molar-refractivity contribution in [1.82, 2.24) is 14.9 Å². The van der Waals surface area contributed by atoms with Crippen LogP contribution in [0.5, 0.6) is 0 Å². The van der Waals surface area contributed by atoms with E-state index >= 15 is 0 Å². The SMILES string of the molecule is CCCc1nnsc1C(=O)NCCCOCCO. The minimum Gasteiger partial charge on any atom is -0.394 e. The first kappa shape index (κ1) is 15.0. The van der Waals surface area contributed by atoms with Gasteiger partial charge in [0, 0.05) is 13.2 Å². The Bertz CT molecular complexity index is 357. The molecule has 1 heterocycles. The molecule has 0 atom stereocenters. The second kappa shape index (κ2) is 8.96. The van der Waals surface area contributed by atoms with Gasteiger partial charge in [-0.05, 0) is 24.4 Å². The molecule has 0 saturated carbocycles. The molecule has 0 aromatic carbocycles. The van der Waals surface area contributed by atoms with Crippen LogP contribution < -0.4 is 5.32 Å². The molecule has 1 amide bonds. The van der Waals surface area contributed by atoms with Gasteiger partial charge in [0.25, 0.3) is 5.91 Å². The number of rotatable bonds is 9. The summed E-state index contributed by atoms with van der Waals surface area (Å²) >= 11 is 1.13. The zero-order chi connectivity index (χ0) is 13.2. The highest BCUT2D eigenvalue weighted by Crippen LogP contribution is 2.12. The number of hydrogen-bond donors (Lipinski definition) is 2. The van der Waals surface area contributed by atoms with Gasteiger partial charge < -0.3 is 15.2 Å². The van der Waals surface area contributed by atoms with E-state index in [0.29, 0.717) is 24.6 Å². The van der Waals surface area contributed by atoms with E-state index in [1.165, 1.54) is 0 Å². The van der Waals surface area contributed by atoms with Crippen molar-refractivity contribution in [1.29, 1.82) is 0 Å². The van der Waals surface area contributed by atoms with Crippen molar-refractivity contribution in [2.45, 2.75) is 26.2 Å². The Morgan fingerprint density at radius 2 is 2.33 bits per heavy atom. The Morgan fingerprint density at radius 3 is 3.06 bits per heavy atom. The molecule has 1 rings (SSSR count). The highest BCUT2D eigenvalue weighted by molar-refractivity contribution is 7.08.